The van der Waals surface area contributed by atoms with Crippen LogP contribution in [-0.2, 0) is 11.8 Å². The third kappa shape index (κ3) is 4.29. The molecule has 2 aromatic heterocycles. The molecule has 4 rings (SSSR count). The number of hydrogen-bond acceptors (Lipinski definition) is 3. The predicted molar refractivity (Wildman–Crippen MR) is 128 cm³/mol. The van der Waals surface area contributed by atoms with E-state index >= 15 is 0 Å². The molecule has 1 aromatic carbocycles. The zero-order chi connectivity index (χ0) is 22.1. The zero-order valence-electron chi connectivity index (χ0n) is 17.5. The fraction of sp³-hybridized carbons (Fsp3) is 0.261. The number of carbonyl (C=O) groups is 1. The normalized spacial score (nSPS) is 18.4. The van der Waals surface area contributed by atoms with E-state index in [1.165, 1.54) is 0 Å². The molecule has 3 heterocycles. The first-order valence-electron chi connectivity index (χ1n) is 10.1. The third-order valence-corrected chi connectivity index (χ3v) is 5.93. The number of nitrogens with zero attached hydrogens (tertiary/aromatic N) is 3. The highest BCUT2D eigenvalue weighted by molar-refractivity contribution is 7.80. The summed E-state index contributed by atoms with van der Waals surface area (Å²) >= 11 is 12.3. The molecule has 6 nitrogen and oxygen atoms in total. The van der Waals surface area contributed by atoms with Gasteiger partial charge in [-0.25, -0.2) is 0 Å². The zero-order valence-corrected chi connectivity index (χ0v) is 19.1. The summed E-state index contributed by atoms with van der Waals surface area (Å²) in [6.45, 7) is 3.68. The molecule has 1 saturated heterocycles. The molecule has 1 aliphatic heterocycles. The Morgan fingerprint density at radius 2 is 2.06 bits per heavy atom. The van der Waals surface area contributed by atoms with Crippen molar-refractivity contribution in [3.05, 3.63) is 77.3 Å². The van der Waals surface area contributed by atoms with Crippen LogP contribution in [0.25, 0.3) is 0 Å². The number of benzene rings is 1. The predicted octanol–water partition coefficient (Wildman–Crippen LogP) is 4.85. The van der Waals surface area contributed by atoms with Gasteiger partial charge in [0, 0.05) is 37.2 Å². The first kappa shape index (κ1) is 21.3. The summed E-state index contributed by atoms with van der Waals surface area (Å²) in [4.78, 5) is 18.7. The average Bonchev–Trinajstić information content (AvgIpc) is 3.32. The van der Waals surface area contributed by atoms with Crippen molar-refractivity contribution in [2.45, 2.75) is 25.9 Å². The van der Waals surface area contributed by atoms with E-state index in [1.807, 2.05) is 68.1 Å². The Morgan fingerprint density at radius 3 is 2.68 bits per heavy atom. The van der Waals surface area contributed by atoms with Crippen LogP contribution in [0.5, 0.6) is 0 Å². The lowest BCUT2D eigenvalue weighted by atomic mass is 9.98. The van der Waals surface area contributed by atoms with Crippen LogP contribution in [0.3, 0.4) is 0 Å². The number of halogens is 1. The van der Waals surface area contributed by atoms with Gasteiger partial charge in [-0.15, -0.1) is 0 Å². The molecule has 0 bridgehead atoms. The number of anilines is 2. The molecule has 0 aliphatic carbocycles. The van der Waals surface area contributed by atoms with Crippen LogP contribution in [-0.4, -0.2) is 20.6 Å². The van der Waals surface area contributed by atoms with Crippen molar-refractivity contribution >= 4 is 46.2 Å². The van der Waals surface area contributed by atoms with Gasteiger partial charge in [0.05, 0.1) is 28.5 Å². The Labute approximate surface area is 192 Å². The lowest BCUT2D eigenvalue weighted by Crippen LogP contribution is -2.29. The van der Waals surface area contributed by atoms with Gasteiger partial charge < -0.3 is 20.1 Å². The Bertz CT molecular complexity index is 1110. The minimum atomic E-state index is -0.132. The minimum absolute atomic E-state index is 0.0783. The van der Waals surface area contributed by atoms with E-state index in [4.69, 9.17) is 23.8 Å². The minimum Gasteiger partial charge on any atom is -0.357 e. The van der Waals surface area contributed by atoms with E-state index in [9.17, 15) is 4.79 Å². The summed E-state index contributed by atoms with van der Waals surface area (Å²) in [6.07, 6.45) is 5.89. The number of rotatable bonds is 5. The summed E-state index contributed by atoms with van der Waals surface area (Å²) in [6, 6.07) is 13.3. The largest absolute Gasteiger partial charge is 0.357 e. The second kappa shape index (κ2) is 8.69. The summed E-state index contributed by atoms with van der Waals surface area (Å²) in [7, 11) is 1.99. The number of pyridine rings is 1. The number of carbonyl (C=O) groups excluding carboxylic acids is 1. The molecule has 8 heteroatoms. The molecule has 160 valence electrons. The maximum atomic E-state index is 12.1. The van der Waals surface area contributed by atoms with Crippen LogP contribution in [0.2, 0.25) is 5.02 Å². The SMILES string of the molecule is CC(C)C(=O)Nc1ccc(N2C(=S)N[C@H](c3ccccn3)[C@@H]2c2ccn(C)c2)cc1Cl. The Hall–Kier alpha value is -2.90. The number of aromatic nitrogens is 2. The molecular formula is C23H24ClN5OS. The number of aryl methyl sites for hydroxylation is 1. The highest BCUT2D eigenvalue weighted by Crippen LogP contribution is 2.42. The van der Waals surface area contributed by atoms with Gasteiger partial charge in [0.1, 0.15) is 0 Å². The average molecular weight is 454 g/mol. The van der Waals surface area contributed by atoms with Gasteiger partial charge in [-0.05, 0) is 54.2 Å². The summed E-state index contributed by atoms with van der Waals surface area (Å²) in [5, 5.41) is 7.36. The van der Waals surface area contributed by atoms with Crippen molar-refractivity contribution < 1.29 is 4.79 Å². The van der Waals surface area contributed by atoms with Crippen molar-refractivity contribution in [3.63, 3.8) is 0 Å². The van der Waals surface area contributed by atoms with E-state index in [0.29, 0.717) is 15.8 Å². The quantitative estimate of drug-likeness (QED) is 0.541. The van der Waals surface area contributed by atoms with Gasteiger partial charge >= 0.3 is 0 Å². The molecule has 1 amide bonds. The Morgan fingerprint density at radius 1 is 1.26 bits per heavy atom. The fourth-order valence-corrected chi connectivity index (χ4v) is 4.27. The topological polar surface area (TPSA) is 62.2 Å². The second-order valence-electron chi connectivity index (χ2n) is 7.92. The summed E-state index contributed by atoms with van der Waals surface area (Å²) in [5.74, 6) is -0.210. The van der Waals surface area contributed by atoms with Crippen molar-refractivity contribution in [2.24, 2.45) is 13.0 Å². The van der Waals surface area contributed by atoms with Gasteiger partial charge in [0.25, 0.3) is 0 Å². The molecular weight excluding hydrogens is 430 g/mol. The summed E-state index contributed by atoms with van der Waals surface area (Å²) < 4.78 is 2.02. The van der Waals surface area contributed by atoms with Gasteiger partial charge in [0.2, 0.25) is 5.91 Å². The van der Waals surface area contributed by atoms with Crippen LogP contribution in [0.4, 0.5) is 11.4 Å². The molecule has 2 N–H and O–H groups in total. The van der Waals surface area contributed by atoms with Crippen LogP contribution in [0.15, 0.2) is 61.1 Å². The first-order valence-corrected chi connectivity index (χ1v) is 10.9. The monoisotopic (exact) mass is 453 g/mol. The molecule has 3 aromatic rings. The molecule has 0 saturated carbocycles. The molecule has 0 unspecified atom stereocenters. The number of nitrogens with one attached hydrogen (secondary N) is 2. The van der Waals surface area contributed by atoms with Crippen molar-refractivity contribution in [3.8, 4) is 0 Å². The number of thiocarbonyl (C=S) groups is 1. The van der Waals surface area contributed by atoms with E-state index < -0.39 is 0 Å². The fourth-order valence-electron chi connectivity index (χ4n) is 3.70. The standard InChI is InChI=1S/C23H24ClN5OS/c1-14(2)22(30)26-18-8-7-16(12-17(18)24)29-21(15-9-11-28(3)13-15)20(27-23(29)31)19-6-4-5-10-25-19/h4-14,20-21H,1-3H3,(H,26,30)(H,27,31)/t20-,21+/m1/s1. The van der Waals surface area contributed by atoms with Crippen LogP contribution in [0, 0.1) is 5.92 Å². The molecule has 2 atom stereocenters. The Balaban J connectivity index is 1.73. The highest BCUT2D eigenvalue weighted by atomic mass is 35.5. The van der Waals surface area contributed by atoms with E-state index in [1.54, 1.807) is 6.20 Å². The molecule has 31 heavy (non-hydrogen) atoms. The lowest BCUT2D eigenvalue weighted by molar-refractivity contribution is -0.118. The Kier molecular flexibility index (Phi) is 5.98. The maximum absolute atomic E-state index is 12.1. The molecule has 1 fully saturated rings. The van der Waals surface area contributed by atoms with Crippen LogP contribution < -0.4 is 15.5 Å². The van der Waals surface area contributed by atoms with Crippen molar-refractivity contribution in [2.75, 3.05) is 10.2 Å². The first-order chi connectivity index (χ1) is 14.8. The van der Waals surface area contributed by atoms with Crippen molar-refractivity contribution in [1.29, 1.82) is 0 Å². The lowest BCUT2D eigenvalue weighted by Gasteiger charge is -2.27. The van der Waals surface area contributed by atoms with Crippen molar-refractivity contribution in [1.82, 2.24) is 14.9 Å². The molecule has 1 aliphatic rings. The second-order valence-corrected chi connectivity index (χ2v) is 8.71. The molecule has 0 radical (unpaired) electrons. The van der Waals surface area contributed by atoms with E-state index in [0.717, 1.165) is 16.9 Å². The van der Waals surface area contributed by atoms with Gasteiger partial charge in [-0.1, -0.05) is 31.5 Å². The number of hydrogen-bond donors (Lipinski definition) is 2. The summed E-state index contributed by atoms with van der Waals surface area (Å²) in [5.41, 5.74) is 3.45. The van der Waals surface area contributed by atoms with Crippen LogP contribution in [0.1, 0.15) is 37.2 Å². The van der Waals surface area contributed by atoms with Gasteiger partial charge in [-0.3, -0.25) is 9.78 Å². The van der Waals surface area contributed by atoms with Crippen LogP contribution >= 0.6 is 23.8 Å². The third-order valence-electron chi connectivity index (χ3n) is 5.31. The van der Waals surface area contributed by atoms with E-state index in [2.05, 4.69) is 32.8 Å². The molecule has 0 spiro atoms. The van der Waals surface area contributed by atoms with Gasteiger partial charge in [-0.2, -0.15) is 0 Å². The smallest absolute Gasteiger partial charge is 0.226 e. The number of amides is 1. The van der Waals surface area contributed by atoms with Gasteiger partial charge in [0.15, 0.2) is 5.11 Å². The maximum Gasteiger partial charge on any atom is 0.226 e. The van der Waals surface area contributed by atoms with E-state index in [-0.39, 0.29) is 23.9 Å². The highest BCUT2D eigenvalue weighted by Gasteiger charge is 2.41.